The van der Waals surface area contributed by atoms with E-state index in [-0.39, 0.29) is 0 Å². The van der Waals surface area contributed by atoms with Gasteiger partial charge >= 0.3 is 0 Å². The quantitative estimate of drug-likeness (QED) is 0.761. The van der Waals surface area contributed by atoms with E-state index in [2.05, 4.69) is 55.9 Å². The van der Waals surface area contributed by atoms with Gasteiger partial charge in [-0.2, -0.15) is 0 Å². The molecule has 0 saturated carbocycles. The van der Waals surface area contributed by atoms with Crippen molar-refractivity contribution < 1.29 is 4.74 Å². The Morgan fingerprint density at radius 1 is 1.27 bits per heavy atom. The van der Waals surface area contributed by atoms with Gasteiger partial charge < -0.3 is 14.5 Å². The fourth-order valence-corrected chi connectivity index (χ4v) is 3.88. The Kier molecular flexibility index (Phi) is 6.27. The van der Waals surface area contributed by atoms with E-state index in [1.807, 2.05) is 11.8 Å². The molecule has 2 heterocycles. The van der Waals surface area contributed by atoms with Crippen LogP contribution >= 0.6 is 11.8 Å². The van der Waals surface area contributed by atoms with E-state index in [0.717, 1.165) is 32.8 Å². The van der Waals surface area contributed by atoms with Gasteiger partial charge in [-0.05, 0) is 49.2 Å². The van der Waals surface area contributed by atoms with Gasteiger partial charge in [0.25, 0.3) is 0 Å². The van der Waals surface area contributed by atoms with Crippen molar-refractivity contribution in [3.63, 3.8) is 0 Å². The number of rotatable bonds is 5. The van der Waals surface area contributed by atoms with Crippen LogP contribution in [0.2, 0.25) is 0 Å². The Bertz CT molecular complexity index is 419. The zero-order valence-electron chi connectivity index (χ0n) is 14.9. The van der Waals surface area contributed by atoms with E-state index in [1.165, 1.54) is 24.2 Å². The van der Waals surface area contributed by atoms with Crippen LogP contribution in [0.4, 0.5) is 0 Å². The first-order valence-electron chi connectivity index (χ1n) is 8.43. The number of hydrogen-bond donors (Lipinski definition) is 0. The maximum absolute atomic E-state index is 5.52. The number of hydrogen-bond acceptors (Lipinski definition) is 4. The van der Waals surface area contributed by atoms with E-state index in [0.29, 0.717) is 10.8 Å². The SMILES string of the molecule is CSC1C=C(C)C=C(N2CCOCC2)N1CCCC(C)(C)C. The van der Waals surface area contributed by atoms with Crippen LogP contribution < -0.4 is 0 Å². The number of thioether (sulfide) groups is 1. The van der Waals surface area contributed by atoms with Gasteiger partial charge in [-0.25, -0.2) is 0 Å². The normalized spacial score (nSPS) is 23.4. The van der Waals surface area contributed by atoms with E-state index in [1.54, 1.807) is 0 Å². The highest BCUT2D eigenvalue weighted by molar-refractivity contribution is 7.99. The molecule has 0 aliphatic carbocycles. The van der Waals surface area contributed by atoms with Crippen molar-refractivity contribution in [1.82, 2.24) is 9.80 Å². The van der Waals surface area contributed by atoms with Gasteiger partial charge in [0.1, 0.15) is 5.82 Å². The summed E-state index contributed by atoms with van der Waals surface area (Å²) in [6.45, 7) is 14.1. The number of allylic oxidation sites excluding steroid dienone is 2. The summed E-state index contributed by atoms with van der Waals surface area (Å²) in [7, 11) is 0. The molecule has 3 nitrogen and oxygen atoms in total. The Balaban J connectivity index is 2.08. The van der Waals surface area contributed by atoms with Gasteiger partial charge in [0.15, 0.2) is 0 Å². The molecule has 0 N–H and O–H groups in total. The lowest BCUT2D eigenvalue weighted by Gasteiger charge is -2.43. The second kappa shape index (κ2) is 7.78. The van der Waals surface area contributed by atoms with E-state index < -0.39 is 0 Å². The summed E-state index contributed by atoms with van der Waals surface area (Å²) in [4.78, 5) is 5.09. The molecule has 4 heteroatoms. The van der Waals surface area contributed by atoms with Gasteiger partial charge in [0.2, 0.25) is 0 Å². The molecule has 0 aromatic heterocycles. The van der Waals surface area contributed by atoms with Crippen LogP contribution in [0.1, 0.15) is 40.5 Å². The average molecular weight is 325 g/mol. The summed E-state index contributed by atoms with van der Waals surface area (Å²) in [6.07, 6.45) is 9.48. The first-order valence-corrected chi connectivity index (χ1v) is 9.72. The second-order valence-electron chi connectivity index (χ2n) is 7.50. The Labute approximate surface area is 140 Å². The van der Waals surface area contributed by atoms with Gasteiger partial charge in [0.05, 0.1) is 18.6 Å². The molecule has 1 unspecified atom stereocenters. The third-order valence-corrected chi connectivity index (χ3v) is 5.14. The summed E-state index contributed by atoms with van der Waals surface area (Å²) in [5, 5.41) is 0.461. The van der Waals surface area contributed by atoms with Gasteiger partial charge in [-0.15, -0.1) is 11.8 Å². The lowest BCUT2D eigenvalue weighted by Crippen LogP contribution is -2.46. The van der Waals surface area contributed by atoms with Gasteiger partial charge in [0, 0.05) is 19.6 Å². The smallest absolute Gasteiger partial charge is 0.105 e. The minimum Gasteiger partial charge on any atom is -0.378 e. The van der Waals surface area contributed by atoms with Gasteiger partial charge in [-0.1, -0.05) is 20.8 Å². The molecule has 1 saturated heterocycles. The lowest BCUT2D eigenvalue weighted by atomic mass is 9.90. The molecule has 1 atom stereocenters. The fraction of sp³-hybridized carbons (Fsp3) is 0.778. The molecular formula is C18H32N2OS. The molecule has 0 amide bonds. The molecule has 2 aliphatic rings. The molecule has 2 rings (SSSR count). The van der Waals surface area contributed by atoms with E-state index in [9.17, 15) is 0 Å². The molecule has 2 aliphatic heterocycles. The van der Waals surface area contributed by atoms with Crippen LogP contribution in [0, 0.1) is 5.41 Å². The first-order chi connectivity index (χ1) is 10.4. The van der Waals surface area contributed by atoms with Crippen LogP contribution in [0.5, 0.6) is 0 Å². The molecule has 0 aromatic rings. The molecule has 126 valence electrons. The average Bonchev–Trinajstić information content (AvgIpc) is 2.47. The third kappa shape index (κ3) is 4.95. The summed E-state index contributed by atoms with van der Waals surface area (Å²) in [5.74, 6) is 1.40. The Morgan fingerprint density at radius 3 is 2.55 bits per heavy atom. The largest absolute Gasteiger partial charge is 0.378 e. The standard InChI is InChI=1S/C18H32N2OS/c1-15-13-16(19-9-11-21-12-10-19)20(17(14-15)22-5)8-6-7-18(2,3)4/h13-14,17H,6-12H2,1-5H3. The fourth-order valence-electron chi connectivity index (χ4n) is 3.06. The van der Waals surface area contributed by atoms with Crippen LogP contribution in [0.25, 0.3) is 0 Å². The van der Waals surface area contributed by atoms with Crippen molar-refractivity contribution in [3.05, 3.63) is 23.5 Å². The van der Waals surface area contributed by atoms with Crippen molar-refractivity contribution in [2.24, 2.45) is 5.41 Å². The topological polar surface area (TPSA) is 15.7 Å². The van der Waals surface area contributed by atoms with Crippen molar-refractivity contribution in [3.8, 4) is 0 Å². The highest BCUT2D eigenvalue weighted by atomic mass is 32.2. The third-order valence-electron chi connectivity index (χ3n) is 4.27. The molecule has 1 fully saturated rings. The number of ether oxygens (including phenoxy) is 1. The second-order valence-corrected chi connectivity index (χ2v) is 8.45. The van der Waals surface area contributed by atoms with Crippen LogP contribution in [0.3, 0.4) is 0 Å². The zero-order valence-corrected chi connectivity index (χ0v) is 15.7. The minimum atomic E-state index is 0.416. The first kappa shape index (κ1) is 17.7. The summed E-state index contributed by atoms with van der Waals surface area (Å²) < 4.78 is 5.52. The maximum Gasteiger partial charge on any atom is 0.105 e. The van der Waals surface area contributed by atoms with Crippen LogP contribution in [0.15, 0.2) is 23.5 Å². The van der Waals surface area contributed by atoms with Crippen molar-refractivity contribution in [2.75, 3.05) is 39.1 Å². The number of nitrogens with zero attached hydrogens (tertiary/aromatic N) is 2. The predicted molar refractivity (Wildman–Crippen MR) is 96.9 cm³/mol. The molecule has 0 aromatic carbocycles. The highest BCUT2D eigenvalue weighted by Gasteiger charge is 2.27. The molecule has 0 radical (unpaired) electrons. The lowest BCUT2D eigenvalue weighted by molar-refractivity contribution is 0.0366. The van der Waals surface area contributed by atoms with Crippen LogP contribution in [-0.2, 0) is 4.74 Å². The summed E-state index contributed by atoms with van der Waals surface area (Å²) in [6, 6.07) is 0. The van der Waals surface area contributed by atoms with Crippen molar-refractivity contribution in [1.29, 1.82) is 0 Å². The maximum atomic E-state index is 5.52. The summed E-state index contributed by atoms with van der Waals surface area (Å²) >= 11 is 1.93. The Hall–Kier alpha value is -0.610. The molecular weight excluding hydrogens is 292 g/mol. The predicted octanol–water partition coefficient (Wildman–Crippen LogP) is 3.94. The summed E-state index contributed by atoms with van der Waals surface area (Å²) in [5.41, 5.74) is 1.80. The minimum absolute atomic E-state index is 0.416. The zero-order chi connectivity index (χ0) is 16.2. The van der Waals surface area contributed by atoms with Crippen LogP contribution in [-0.4, -0.2) is 54.3 Å². The van der Waals surface area contributed by atoms with E-state index >= 15 is 0 Å². The molecule has 0 bridgehead atoms. The van der Waals surface area contributed by atoms with E-state index in [4.69, 9.17) is 4.74 Å². The van der Waals surface area contributed by atoms with Gasteiger partial charge in [-0.3, -0.25) is 0 Å². The Morgan fingerprint density at radius 2 is 1.95 bits per heavy atom. The van der Waals surface area contributed by atoms with Crippen molar-refractivity contribution >= 4 is 11.8 Å². The molecule has 22 heavy (non-hydrogen) atoms. The highest BCUT2D eigenvalue weighted by Crippen LogP contribution is 2.30. The number of morpholine rings is 1. The molecule has 0 spiro atoms. The monoisotopic (exact) mass is 324 g/mol. The van der Waals surface area contributed by atoms with Crippen molar-refractivity contribution in [2.45, 2.75) is 45.9 Å².